The lowest BCUT2D eigenvalue weighted by atomic mass is 9.73. The van der Waals surface area contributed by atoms with Crippen LogP contribution in [0.15, 0.2) is 23.1 Å². The van der Waals surface area contributed by atoms with Gasteiger partial charge in [-0.05, 0) is 37.8 Å². The fraction of sp³-hybridized carbons (Fsp3) is 0.632. The summed E-state index contributed by atoms with van der Waals surface area (Å²) in [6.45, 7) is 4.99. The molecule has 6 heteroatoms. The van der Waals surface area contributed by atoms with Crippen LogP contribution in [0.25, 0.3) is 0 Å². The number of rotatable bonds is 4. The normalized spacial score (nSPS) is 24.0. The molecule has 0 aliphatic carbocycles. The van der Waals surface area contributed by atoms with Crippen LogP contribution in [0.1, 0.15) is 55.8 Å². The summed E-state index contributed by atoms with van der Waals surface area (Å²) < 4.78 is 0. The van der Waals surface area contributed by atoms with Gasteiger partial charge in [0.05, 0.1) is 0 Å². The molecule has 1 aromatic rings. The summed E-state index contributed by atoms with van der Waals surface area (Å²) in [7, 11) is 0. The second kappa shape index (κ2) is 7.42. The maximum Gasteiger partial charge on any atom is 0.260 e. The SMILES string of the molecule is CCCCN1CC2(CCCN(C(=O)c3ccc[nH]c3=O)C2)CCC1=O. The predicted octanol–water partition coefficient (Wildman–Crippen LogP) is 2.02. The number of amides is 2. The average molecular weight is 345 g/mol. The van der Waals surface area contributed by atoms with Crippen LogP contribution in [-0.4, -0.2) is 52.8 Å². The molecule has 2 fully saturated rings. The molecule has 3 heterocycles. The molecule has 1 spiro atoms. The van der Waals surface area contributed by atoms with E-state index in [1.807, 2.05) is 9.80 Å². The molecule has 2 aliphatic heterocycles. The lowest BCUT2D eigenvalue weighted by Gasteiger charge is -2.48. The number of aromatic nitrogens is 1. The highest BCUT2D eigenvalue weighted by atomic mass is 16.2. The van der Waals surface area contributed by atoms with Crippen molar-refractivity contribution in [3.8, 4) is 0 Å². The van der Waals surface area contributed by atoms with E-state index >= 15 is 0 Å². The van der Waals surface area contributed by atoms with E-state index in [9.17, 15) is 14.4 Å². The molecule has 6 nitrogen and oxygen atoms in total. The lowest BCUT2D eigenvalue weighted by molar-refractivity contribution is -0.139. The van der Waals surface area contributed by atoms with E-state index in [1.54, 1.807) is 12.1 Å². The Bertz CT molecular complexity index is 699. The van der Waals surface area contributed by atoms with E-state index in [2.05, 4.69) is 11.9 Å². The highest BCUT2D eigenvalue weighted by Gasteiger charge is 2.42. The molecule has 1 atom stereocenters. The van der Waals surface area contributed by atoms with Crippen LogP contribution in [0.3, 0.4) is 0 Å². The highest BCUT2D eigenvalue weighted by molar-refractivity contribution is 5.93. The van der Waals surface area contributed by atoms with Crippen molar-refractivity contribution < 1.29 is 9.59 Å². The number of hydrogen-bond donors (Lipinski definition) is 1. The largest absolute Gasteiger partial charge is 0.342 e. The first-order valence-electron chi connectivity index (χ1n) is 9.29. The van der Waals surface area contributed by atoms with Crippen molar-refractivity contribution >= 4 is 11.8 Å². The zero-order valence-electron chi connectivity index (χ0n) is 14.9. The zero-order chi connectivity index (χ0) is 17.9. The minimum absolute atomic E-state index is 0.0168. The Morgan fingerprint density at radius 2 is 2.12 bits per heavy atom. The highest BCUT2D eigenvalue weighted by Crippen LogP contribution is 2.39. The average Bonchev–Trinajstić information content (AvgIpc) is 2.63. The first kappa shape index (κ1) is 17.7. The number of nitrogens with one attached hydrogen (secondary N) is 1. The fourth-order valence-corrected chi connectivity index (χ4v) is 4.13. The van der Waals surface area contributed by atoms with E-state index in [0.29, 0.717) is 19.5 Å². The molecule has 2 aliphatic rings. The van der Waals surface area contributed by atoms with Crippen molar-refractivity contribution in [1.82, 2.24) is 14.8 Å². The number of hydrogen-bond acceptors (Lipinski definition) is 3. The number of piperidine rings is 2. The molecular weight excluding hydrogens is 318 g/mol. The van der Waals surface area contributed by atoms with Crippen LogP contribution >= 0.6 is 0 Å². The zero-order valence-corrected chi connectivity index (χ0v) is 14.9. The van der Waals surface area contributed by atoms with Gasteiger partial charge in [-0.15, -0.1) is 0 Å². The number of unbranched alkanes of at least 4 members (excludes halogenated alkanes) is 1. The molecule has 2 amide bonds. The van der Waals surface area contributed by atoms with Gasteiger partial charge in [0.1, 0.15) is 5.56 Å². The van der Waals surface area contributed by atoms with Gasteiger partial charge in [0, 0.05) is 44.2 Å². The Kier molecular flexibility index (Phi) is 5.25. The quantitative estimate of drug-likeness (QED) is 0.907. The molecule has 3 rings (SSSR count). The smallest absolute Gasteiger partial charge is 0.260 e. The molecule has 1 unspecified atom stereocenters. The Hall–Kier alpha value is -2.11. The van der Waals surface area contributed by atoms with Crippen LogP contribution in [-0.2, 0) is 4.79 Å². The third-order valence-electron chi connectivity index (χ3n) is 5.53. The number of carbonyl (C=O) groups excluding carboxylic acids is 2. The maximum absolute atomic E-state index is 12.8. The van der Waals surface area contributed by atoms with Gasteiger partial charge in [-0.2, -0.15) is 0 Å². The van der Waals surface area contributed by atoms with Gasteiger partial charge in [0.15, 0.2) is 0 Å². The number of likely N-dealkylation sites (tertiary alicyclic amines) is 2. The molecular formula is C19H27N3O3. The molecule has 0 radical (unpaired) electrons. The second-order valence-electron chi connectivity index (χ2n) is 7.41. The van der Waals surface area contributed by atoms with Crippen molar-refractivity contribution in [1.29, 1.82) is 0 Å². The summed E-state index contributed by atoms with van der Waals surface area (Å²) in [5, 5.41) is 0. The van der Waals surface area contributed by atoms with Gasteiger partial charge in [0.2, 0.25) is 5.91 Å². The van der Waals surface area contributed by atoms with E-state index in [-0.39, 0.29) is 28.4 Å². The number of nitrogens with zero attached hydrogens (tertiary/aromatic N) is 2. The van der Waals surface area contributed by atoms with Crippen molar-refractivity contribution in [3.05, 3.63) is 34.2 Å². The van der Waals surface area contributed by atoms with Gasteiger partial charge in [-0.3, -0.25) is 14.4 Å². The van der Waals surface area contributed by atoms with Crippen molar-refractivity contribution in [2.75, 3.05) is 26.2 Å². The van der Waals surface area contributed by atoms with Crippen LogP contribution in [0.5, 0.6) is 0 Å². The summed E-state index contributed by atoms with van der Waals surface area (Å²) in [6.07, 6.45) is 6.99. The van der Waals surface area contributed by atoms with E-state index in [1.165, 1.54) is 6.20 Å². The molecule has 2 saturated heterocycles. The van der Waals surface area contributed by atoms with Crippen LogP contribution < -0.4 is 5.56 Å². The Balaban J connectivity index is 1.74. The molecule has 0 aromatic carbocycles. The van der Waals surface area contributed by atoms with Gasteiger partial charge in [0.25, 0.3) is 11.5 Å². The second-order valence-corrected chi connectivity index (χ2v) is 7.41. The summed E-state index contributed by atoms with van der Waals surface area (Å²) in [6, 6.07) is 3.26. The van der Waals surface area contributed by atoms with Crippen molar-refractivity contribution in [2.45, 2.75) is 45.4 Å². The van der Waals surface area contributed by atoms with Gasteiger partial charge in [-0.1, -0.05) is 13.3 Å². The first-order valence-corrected chi connectivity index (χ1v) is 9.29. The Labute approximate surface area is 148 Å². The molecule has 1 aromatic heterocycles. The number of pyridine rings is 1. The monoisotopic (exact) mass is 345 g/mol. The van der Waals surface area contributed by atoms with Gasteiger partial charge >= 0.3 is 0 Å². The lowest BCUT2D eigenvalue weighted by Crippen LogP contribution is -2.55. The summed E-state index contributed by atoms with van der Waals surface area (Å²) in [5.74, 6) is 0.0416. The standard InChI is InChI=1S/C19H27N3O3/c1-2-3-11-21-13-19(9-7-16(21)23)8-5-12-22(14-19)18(25)15-6-4-10-20-17(15)24/h4,6,10H,2-3,5,7-9,11-14H2,1H3,(H,20,24). The summed E-state index contributed by atoms with van der Waals surface area (Å²) >= 11 is 0. The third kappa shape index (κ3) is 3.78. The van der Waals surface area contributed by atoms with E-state index in [0.717, 1.165) is 45.2 Å². The molecule has 136 valence electrons. The van der Waals surface area contributed by atoms with Crippen LogP contribution in [0.2, 0.25) is 0 Å². The minimum atomic E-state index is -0.337. The molecule has 1 N–H and O–H groups in total. The van der Waals surface area contributed by atoms with Crippen molar-refractivity contribution in [3.63, 3.8) is 0 Å². The molecule has 0 bridgehead atoms. The van der Waals surface area contributed by atoms with Crippen LogP contribution in [0.4, 0.5) is 0 Å². The van der Waals surface area contributed by atoms with E-state index < -0.39 is 0 Å². The van der Waals surface area contributed by atoms with Gasteiger partial charge < -0.3 is 14.8 Å². The third-order valence-corrected chi connectivity index (χ3v) is 5.53. The summed E-state index contributed by atoms with van der Waals surface area (Å²) in [5.41, 5.74) is -0.151. The fourth-order valence-electron chi connectivity index (χ4n) is 4.13. The first-order chi connectivity index (χ1) is 12.0. The van der Waals surface area contributed by atoms with Gasteiger partial charge in [-0.25, -0.2) is 0 Å². The Morgan fingerprint density at radius 3 is 2.88 bits per heavy atom. The minimum Gasteiger partial charge on any atom is -0.342 e. The number of aromatic amines is 1. The molecule has 25 heavy (non-hydrogen) atoms. The number of H-pyrrole nitrogens is 1. The number of carbonyl (C=O) groups is 2. The topological polar surface area (TPSA) is 73.5 Å². The van der Waals surface area contributed by atoms with Crippen LogP contribution in [0, 0.1) is 5.41 Å². The predicted molar refractivity (Wildman–Crippen MR) is 95.4 cm³/mol. The van der Waals surface area contributed by atoms with E-state index in [4.69, 9.17) is 0 Å². The van der Waals surface area contributed by atoms with Crippen molar-refractivity contribution in [2.24, 2.45) is 5.41 Å². The molecule has 0 saturated carbocycles. The summed E-state index contributed by atoms with van der Waals surface area (Å²) in [4.78, 5) is 43.3. The Morgan fingerprint density at radius 1 is 1.28 bits per heavy atom. The maximum atomic E-state index is 12.8.